The first-order valence-corrected chi connectivity index (χ1v) is 15.7. The lowest BCUT2D eigenvalue weighted by Gasteiger charge is -2.32. The average Bonchev–Trinajstić information content (AvgIpc) is 3.44. The Kier molecular flexibility index (Phi) is 7.70. The second-order valence-electron chi connectivity index (χ2n) is 10.8. The number of fused-ring (bicyclic) bond motifs is 1. The van der Waals surface area contributed by atoms with Gasteiger partial charge in [-0.2, -0.15) is 0 Å². The van der Waals surface area contributed by atoms with Crippen LogP contribution in [0.1, 0.15) is 76.1 Å². The van der Waals surface area contributed by atoms with Gasteiger partial charge in [-0.25, -0.2) is 18.4 Å². The molecule has 2 saturated heterocycles. The van der Waals surface area contributed by atoms with Crippen LogP contribution < -0.4 is 5.73 Å². The number of aromatic nitrogens is 3. The molecule has 0 aliphatic carbocycles. The average molecular weight is 582 g/mol. The van der Waals surface area contributed by atoms with Gasteiger partial charge in [-0.3, -0.25) is 4.57 Å². The molecule has 4 unspecified atom stereocenters. The number of ether oxygens (including phenoxy) is 2. The summed E-state index contributed by atoms with van der Waals surface area (Å²) in [5.41, 5.74) is 7.95. The van der Waals surface area contributed by atoms with Crippen LogP contribution in [0.5, 0.6) is 0 Å². The van der Waals surface area contributed by atoms with E-state index in [0.717, 1.165) is 49.9 Å². The van der Waals surface area contributed by atoms with E-state index >= 15 is 0 Å². The molecule has 2 aliphatic heterocycles. The molecule has 1 aromatic carbocycles. The third-order valence-electron chi connectivity index (χ3n) is 8.05. The Morgan fingerprint density at radius 1 is 1.21 bits per heavy atom. The highest BCUT2D eigenvalue weighted by Crippen LogP contribution is 2.45. The van der Waals surface area contributed by atoms with Crippen LogP contribution in [0, 0.1) is 5.92 Å². The summed E-state index contributed by atoms with van der Waals surface area (Å²) in [7, 11) is -3.42. The van der Waals surface area contributed by atoms with E-state index in [2.05, 4.69) is 23.4 Å². The van der Waals surface area contributed by atoms with E-state index < -0.39 is 9.84 Å². The number of nitrogen functional groups attached to an aromatic ring is 1. The Morgan fingerprint density at radius 2 is 2.00 bits per heavy atom. The van der Waals surface area contributed by atoms with Crippen molar-refractivity contribution < 1.29 is 17.9 Å². The molecule has 38 heavy (non-hydrogen) atoms. The van der Waals surface area contributed by atoms with Crippen LogP contribution in [0.25, 0.3) is 11.2 Å². The summed E-state index contributed by atoms with van der Waals surface area (Å²) in [4.78, 5) is 9.57. The van der Waals surface area contributed by atoms with E-state index in [0.29, 0.717) is 34.4 Å². The highest BCUT2D eigenvalue weighted by atomic mass is 35.5. The topological polar surface area (TPSA) is 109 Å². The summed E-state index contributed by atoms with van der Waals surface area (Å²) < 4.78 is 39.1. The van der Waals surface area contributed by atoms with Crippen molar-refractivity contribution >= 4 is 49.9 Å². The number of hydrogen-bond donors (Lipinski definition) is 1. The van der Waals surface area contributed by atoms with Gasteiger partial charge in [0.15, 0.2) is 15.5 Å². The van der Waals surface area contributed by atoms with Crippen molar-refractivity contribution in [3.63, 3.8) is 0 Å². The fourth-order valence-corrected chi connectivity index (χ4v) is 6.95. The maximum absolute atomic E-state index is 12.2. The van der Waals surface area contributed by atoms with E-state index in [1.54, 1.807) is 18.2 Å². The number of imidazole rings is 1. The molecule has 2 fully saturated rings. The number of benzene rings is 1. The van der Waals surface area contributed by atoms with Gasteiger partial charge < -0.3 is 15.2 Å². The van der Waals surface area contributed by atoms with E-state index in [1.165, 1.54) is 6.26 Å². The Balaban J connectivity index is 1.35. The van der Waals surface area contributed by atoms with Gasteiger partial charge in [-0.1, -0.05) is 36.2 Å². The minimum absolute atomic E-state index is 0.140. The van der Waals surface area contributed by atoms with Gasteiger partial charge >= 0.3 is 0 Å². The molecular weight excluding hydrogens is 547 g/mol. The lowest BCUT2D eigenvalue weighted by molar-refractivity contribution is -0.0664. The molecule has 2 aliphatic rings. The normalized spacial score (nSPS) is 25.2. The van der Waals surface area contributed by atoms with Crippen LogP contribution in [0.2, 0.25) is 10.2 Å². The van der Waals surface area contributed by atoms with Crippen molar-refractivity contribution in [1.82, 2.24) is 14.5 Å². The Bertz CT molecular complexity index is 1460. The number of nitrogens with two attached hydrogens (primary N) is 1. The van der Waals surface area contributed by atoms with Gasteiger partial charge in [0, 0.05) is 19.3 Å². The van der Waals surface area contributed by atoms with E-state index in [9.17, 15) is 8.42 Å². The molecule has 0 bridgehead atoms. The van der Waals surface area contributed by atoms with Crippen molar-refractivity contribution in [2.45, 2.75) is 81.6 Å². The Hall–Kier alpha value is -1.91. The molecule has 0 radical (unpaired) electrons. The van der Waals surface area contributed by atoms with Gasteiger partial charge in [-0.05, 0) is 75.1 Å². The quantitative estimate of drug-likeness (QED) is 0.258. The van der Waals surface area contributed by atoms with Gasteiger partial charge in [-0.15, -0.1) is 0 Å². The van der Waals surface area contributed by atoms with Crippen molar-refractivity contribution in [2.24, 2.45) is 5.92 Å². The first-order chi connectivity index (χ1) is 18.0. The number of pyridine rings is 1. The fraction of sp³-hybridized carbons (Fsp3) is 0.556. The molecule has 4 heterocycles. The molecule has 0 amide bonds. The van der Waals surface area contributed by atoms with Gasteiger partial charge in [0.1, 0.15) is 22.7 Å². The standard InChI is InChI=1S/C27H34Cl2N4O4S/c1-16(27(2)12-11-20(37-27)17-8-9-19(30)21(14-17)38(3,34)35)7-10-23-32-25-18(28)15-22(29)31-26(25)33(23)24-6-4-5-13-36-24/h8-9,14-16,20,24H,4-7,10-13,30H2,1-3H3. The molecule has 3 aromatic rings. The SMILES string of the molecule is CC(CCc1nc2c(Cl)cc(Cl)nc2n1C1CCCCO1)C1(C)CCC(c2ccc(N)c(S(C)(=O)=O)c2)O1. The lowest BCUT2D eigenvalue weighted by atomic mass is 9.84. The summed E-state index contributed by atoms with van der Waals surface area (Å²) in [6, 6.07) is 6.79. The zero-order valence-corrected chi connectivity index (χ0v) is 24.2. The minimum Gasteiger partial charge on any atom is -0.398 e. The van der Waals surface area contributed by atoms with Gasteiger partial charge in [0.2, 0.25) is 0 Å². The monoisotopic (exact) mass is 580 g/mol. The summed E-state index contributed by atoms with van der Waals surface area (Å²) in [5, 5.41) is 0.814. The largest absolute Gasteiger partial charge is 0.398 e. The first-order valence-electron chi connectivity index (χ1n) is 13.1. The smallest absolute Gasteiger partial charge is 0.177 e. The first kappa shape index (κ1) is 27.6. The van der Waals surface area contributed by atoms with Gasteiger partial charge in [0.25, 0.3) is 0 Å². The Labute approximate surface area is 233 Å². The molecule has 8 nitrogen and oxygen atoms in total. The highest BCUT2D eigenvalue weighted by molar-refractivity contribution is 7.90. The predicted octanol–water partition coefficient (Wildman–Crippen LogP) is 6.30. The van der Waals surface area contributed by atoms with Crippen molar-refractivity contribution in [3.8, 4) is 0 Å². The number of rotatable bonds is 7. The molecule has 0 spiro atoms. The number of halogens is 2. The van der Waals surface area contributed by atoms with Crippen LogP contribution in [0.15, 0.2) is 29.2 Å². The molecule has 2 N–H and O–H groups in total. The van der Waals surface area contributed by atoms with Crippen molar-refractivity contribution in [3.05, 3.63) is 45.8 Å². The summed E-state index contributed by atoms with van der Waals surface area (Å²) in [6.07, 6.45) is 7.06. The lowest BCUT2D eigenvalue weighted by Crippen LogP contribution is -2.33. The molecule has 0 saturated carbocycles. The van der Waals surface area contributed by atoms with Crippen LogP contribution in [-0.2, 0) is 25.7 Å². The second kappa shape index (κ2) is 10.6. The third-order valence-corrected chi connectivity index (χ3v) is 9.69. The van der Waals surface area contributed by atoms with Crippen LogP contribution >= 0.6 is 23.2 Å². The summed E-state index contributed by atoms with van der Waals surface area (Å²) >= 11 is 12.7. The van der Waals surface area contributed by atoms with Gasteiger partial charge in [0.05, 0.1) is 27.3 Å². The number of aryl methyl sites for hydroxylation is 1. The number of anilines is 1. The van der Waals surface area contributed by atoms with Crippen LogP contribution in [0.4, 0.5) is 5.69 Å². The van der Waals surface area contributed by atoms with E-state index in [-0.39, 0.29) is 34.4 Å². The fourth-order valence-electron chi connectivity index (χ4n) is 5.63. The molecule has 5 rings (SSSR count). The maximum atomic E-state index is 12.2. The predicted molar refractivity (Wildman–Crippen MR) is 149 cm³/mol. The van der Waals surface area contributed by atoms with E-state index in [1.807, 2.05) is 6.07 Å². The summed E-state index contributed by atoms with van der Waals surface area (Å²) in [6.45, 7) is 5.03. The number of hydrogen-bond acceptors (Lipinski definition) is 7. The zero-order valence-electron chi connectivity index (χ0n) is 21.9. The maximum Gasteiger partial charge on any atom is 0.177 e. The Morgan fingerprint density at radius 3 is 2.71 bits per heavy atom. The molecular formula is C27H34Cl2N4O4S. The van der Waals surface area contributed by atoms with Crippen LogP contribution in [0.3, 0.4) is 0 Å². The zero-order chi connectivity index (χ0) is 27.2. The minimum atomic E-state index is -3.42. The molecule has 11 heteroatoms. The number of sulfone groups is 1. The third kappa shape index (κ3) is 5.41. The van der Waals surface area contributed by atoms with Crippen LogP contribution in [-0.4, -0.2) is 41.4 Å². The van der Waals surface area contributed by atoms with E-state index in [4.69, 9.17) is 43.4 Å². The number of nitrogens with zero attached hydrogens (tertiary/aromatic N) is 3. The molecule has 206 valence electrons. The van der Waals surface area contributed by atoms with Crippen molar-refractivity contribution in [2.75, 3.05) is 18.6 Å². The van der Waals surface area contributed by atoms with Crippen molar-refractivity contribution in [1.29, 1.82) is 0 Å². The second-order valence-corrected chi connectivity index (χ2v) is 13.6. The molecule has 4 atom stereocenters. The summed E-state index contributed by atoms with van der Waals surface area (Å²) in [5.74, 6) is 1.09. The highest BCUT2D eigenvalue weighted by Gasteiger charge is 2.41. The molecule has 2 aromatic heterocycles.